The third kappa shape index (κ3) is 5.20. The summed E-state index contributed by atoms with van der Waals surface area (Å²) in [7, 11) is 0. The minimum Gasteiger partial charge on any atom is -0.466 e. The quantitative estimate of drug-likeness (QED) is 0.279. The van der Waals surface area contributed by atoms with E-state index in [1.165, 1.54) is 6.21 Å². The number of carbonyl (C=O) groups is 3. The lowest BCUT2D eigenvalue weighted by Gasteiger charge is -2.17. The topological polar surface area (TPSA) is 126 Å². The fourth-order valence-electron chi connectivity index (χ4n) is 2.62. The number of esters is 1. The zero-order valence-corrected chi connectivity index (χ0v) is 14.6. The summed E-state index contributed by atoms with van der Waals surface area (Å²) in [5, 5.41) is 8.63. The molecule has 9 heteroatoms. The lowest BCUT2D eigenvalue weighted by molar-refractivity contribution is -0.142. The Bertz CT molecular complexity index is 674. The van der Waals surface area contributed by atoms with Crippen LogP contribution in [0.4, 0.5) is 10.5 Å². The summed E-state index contributed by atoms with van der Waals surface area (Å²) in [5.74, 6) is 4.56. The molecule has 1 saturated heterocycles. The summed E-state index contributed by atoms with van der Waals surface area (Å²) in [5.41, 5.74) is 1.58. The zero-order chi connectivity index (χ0) is 18.9. The molecule has 1 aromatic carbocycles. The van der Waals surface area contributed by atoms with Gasteiger partial charge in [-0.1, -0.05) is 12.1 Å². The van der Waals surface area contributed by atoms with Crippen LogP contribution in [-0.4, -0.2) is 49.9 Å². The van der Waals surface area contributed by atoms with E-state index in [0.717, 1.165) is 11.3 Å². The molecule has 0 saturated carbocycles. The van der Waals surface area contributed by atoms with E-state index in [-0.39, 0.29) is 24.8 Å². The summed E-state index contributed by atoms with van der Waals surface area (Å²) in [4.78, 5) is 37.2. The lowest BCUT2D eigenvalue weighted by atomic mass is 10.2. The monoisotopic (exact) mass is 361 g/mol. The molecule has 0 bridgehead atoms. The number of nitrogens with zero attached hydrogens (tertiary/aromatic N) is 2. The van der Waals surface area contributed by atoms with Crippen LogP contribution in [0.25, 0.3) is 0 Å². The van der Waals surface area contributed by atoms with Gasteiger partial charge in [-0.25, -0.2) is 4.79 Å². The molecule has 1 atom stereocenters. The molecule has 3 amide bonds. The van der Waals surface area contributed by atoms with E-state index in [1.54, 1.807) is 24.0 Å². The van der Waals surface area contributed by atoms with Crippen LogP contribution in [0.1, 0.15) is 25.3 Å². The van der Waals surface area contributed by atoms with Crippen molar-refractivity contribution < 1.29 is 19.1 Å². The van der Waals surface area contributed by atoms with Gasteiger partial charge < -0.3 is 26.1 Å². The van der Waals surface area contributed by atoms with Crippen molar-refractivity contribution in [2.45, 2.75) is 25.8 Å². The zero-order valence-electron chi connectivity index (χ0n) is 14.6. The Morgan fingerprint density at radius 1 is 1.38 bits per heavy atom. The fraction of sp³-hybridized carbons (Fsp3) is 0.412. The van der Waals surface area contributed by atoms with Crippen LogP contribution in [0.5, 0.6) is 0 Å². The van der Waals surface area contributed by atoms with E-state index >= 15 is 0 Å². The Labute approximate surface area is 151 Å². The van der Waals surface area contributed by atoms with Crippen LogP contribution >= 0.6 is 0 Å². The maximum absolute atomic E-state index is 12.5. The minimum atomic E-state index is -0.595. The van der Waals surface area contributed by atoms with Crippen molar-refractivity contribution >= 4 is 29.8 Å². The number of benzene rings is 1. The third-order valence-electron chi connectivity index (χ3n) is 3.86. The minimum absolute atomic E-state index is 0.0877. The van der Waals surface area contributed by atoms with Crippen molar-refractivity contribution in [1.82, 2.24) is 10.6 Å². The summed E-state index contributed by atoms with van der Waals surface area (Å²) >= 11 is 0. The second kappa shape index (κ2) is 9.40. The van der Waals surface area contributed by atoms with Gasteiger partial charge in [-0.05, 0) is 31.0 Å². The maximum atomic E-state index is 12.5. The number of carbonyl (C=O) groups excluding carboxylic acids is 3. The van der Waals surface area contributed by atoms with Crippen LogP contribution in [0.3, 0.4) is 0 Å². The number of ether oxygens (including phenoxy) is 1. The molecule has 26 heavy (non-hydrogen) atoms. The van der Waals surface area contributed by atoms with Gasteiger partial charge in [0.05, 0.1) is 19.2 Å². The van der Waals surface area contributed by atoms with Crippen molar-refractivity contribution in [1.29, 1.82) is 0 Å². The van der Waals surface area contributed by atoms with Crippen LogP contribution < -0.4 is 21.4 Å². The number of anilines is 1. The highest BCUT2D eigenvalue weighted by Crippen LogP contribution is 2.21. The van der Waals surface area contributed by atoms with E-state index in [4.69, 9.17) is 10.6 Å². The predicted octanol–water partition coefficient (Wildman–Crippen LogP) is 0.337. The molecule has 0 aromatic heterocycles. The fourth-order valence-corrected chi connectivity index (χ4v) is 2.62. The molecule has 1 aromatic rings. The normalized spacial score (nSPS) is 16.7. The second-order valence-electron chi connectivity index (χ2n) is 5.66. The summed E-state index contributed by atoms with van der Waals surface area (Å²) in [6.45, 7) is 2.68. The first-order valence-electron chi connectivity index (χ1n) is 8.39. The molecule has 9 nitrogen and oxygen atoms in total. The van der Waals surface area contributed by atoms with E-state index < -0.39 is 12.1 Å². The third-order valence-corrected chi connectivity index (χ3v) is 3.86. The van der Waals surface area contributed by atoms with Crippen LogP contribution in [-0.2, 0) is 14.3 Å². The molecule has 0 aliphatic carbocycles. The van der Waals surface area contributed by atoms with Gasteiger partial charge in [-0.15, -0.1) is 0 Å². The SMILES string of the molecule is CCOC(=O)CCNC(=O)NC1CCN(c2ccc(C=NN)cc2)C1=O. The highest BCUT2D eigenvalue weighted by atomic mass is 16.5. The Morgan fingerprint density at radius 3 is 2.77 bits per heavy atom. The van der Waals surface area contributed by atoms with Gasteiger partial charge in [-0.2, -0.15) is 5.10 Å². The Hall–Kier alpha value is -3.10. The van der Waals surface area contributed by atoms with Crippen LogP contribution in [0.2, 0.25) is 0 Å². The predicted molar refractivity (Wildman–Crippen MR) is 96.8 cm³/mol. The molecule has 1 heterocycles. The lowest BCUT2D eigenvalue weighted by Crippen LogP contribution is -2.46. The molecule has 2 rings (SSSR count). The molecule has 140 valence electrons. The number of hydrazone groups is 1. The largest absolute Gasteiger partial charge is 0.466 e. The van der Waals surface area contributed by atoms with Crippen molar-refractivity contribution in [2.75, 3.05) is 24.6 Å². The second-order valence-corrected chi connectivity index (χ2v) is 5.66. The number of rotatable bonds is 7. The van der Waals surface area contributed by atoms with Gasteiger partial charge >= 0.3 is 12.0 Å². The maximum Gasteiger partial charge on any atom is 0.315 e. The Morgan fingerprint density at radius 2 is 2.12 bits per heavy atom. The van der Waals surface area contributed by atoms with Gasteiger partial charge in [0.2, 0.25) is 5.91 Å². The Kier molecular flexibility index (Phi) is 6.95. The van der Waals surface area contributed by atoms with Gasteiger partial charge in [0.25, 0.3) is 0 Å². The number of amides is 3. The van der Waals surface area contributed by atoms with E-state index in [9.17, 15) is 14.4 Å². The molecule has 1 aliphatic rings. The van der Waals surface area contributed by atoms with Gasteiger partial charge in [-0.3, -0.25) is 9.59 Å². The highest BCUT2D eigenvalue weighted by molar-refractivity contribution is 6.01. The van der Waals surface area contributed by atoms with E-state index in [0.29, 0.717) is 19.6 Å². The average Bonchev–Trinajstić information content (AvgIpc) is 2.97. The molecule has 1 fully saturated rings. The molecule has 1 unspecified atom stereocenters. The number of urea groups is 1. The highest BCUT2D eigenvalue weighted by Gasteiger charge is 2.33. The smallest absolute Gasteiger partial charge is 0.315 e. The van der Waals surface area contributed by atoms with Crippen molar-refractivity contribution in [3.63, 3.8) is 0 Å². The summed E-state index contributed by atoms with van der Waals surface area (Å²) in [6.07, 6.45) is 2.11. The first-order chi connectivity index (χ1) is 12.5. The summed E-state index contributed by atoms with van der Waals surface area (Å²) in [6, 6.07) is 6.14. The van der Waals surface area contributed by atoms with Gasteiger partial charge in [0, 0.05) is 18.8 Å². The first-order valence-corrected chi connectivity index (χ1v) is 8.39. The Balaban J connectivity index is 1.82. The standard InChI is InChI=1S/C17H23N5O4/c1-2-26-15(23)7-9-19-17(25)21-14-8-10-22(16(14)24)13-5-3-12(4-6-13)11-20-18/h3-6,11,14H,2,7-10,18H2,1H3,(H2,19,21,25). The van der Waals surface area contributed by atoms with Crippen LogP contribution in [0, 0.1) is 0 Å². The molecule has 1 aliphatic heterocycles. The van der Waals surface area contributed by atoms with Gasteiger partial charge in [0.15, 0.2) is 0 Å². The molecule has 0 spiro atoms. The van der Waals surface area contributed by atoms with Gasteiger partial charge in [0.1, 0.15) is 6.04 Å². The number of hydrogen-bond acceptors (Lipinski definition) is 6. The average molecular weight is 361 g/mol. The molecular formula is C17H23N5O4. The van der Waals surface area contributed by atoms with E-state index in [1.807, 2.05) is 12.1 Å². The van der Waals surface area contributed by atoms with Crippen LogP contribution in [0.15, 0.2) is 29.4 Å². The number of nitrogens with one attached hydrogen (secondary N) is 2. The van der Waals surface area contributed by atoms with Crippen molar-refractivity contribution in [2.24, 2.45) is 10.9 Å². The molecular weight excluding hydrogens is 338 g/mol. The summed E-state index contributed by atoms with van der Waals surface area (Å²) < 4.78 is 4.77. The van der Waals surface area contributed by atoms with E-state index in [2.05, 4.69) is 15.7 Å². The first kappa shape index (κ1) is 19.2. The number of hydrogen-bond donors (Lipinski definition) is 3. The molecule has 4 N–H and O–H groups in total. The molecule has 0 radical (unpaired) electrons. The number of nitrogens with two attached hydrogens (primary N) is 1. The van der Waals surface area contributed by atoms with Crippen molar-refractivity contribution in [3.8, 4) is 0 Å². The van der Waals surface area contributed by atoms with Crippen molar-refractivity contribution in [3.05, 3.63) is 29.8 Å².